The molecule has 2 aliphatic rings. The predicted octanol–water partition coefficient (Wildman–Crippen LogP) is 1.28. The second-order valence-electron chi connectivity index (χ2n) is 5.64. The molecular weight excluding hydrogens is 268 g/mol. The van der Waals surface area contributed by atoms with Crippen LogP contribution in [0, 0.1) is 5.92 Å². The molecule has 114 valence electrons. The Balaban J connectivity index is 1.62. The van der Waals surface area contributed by atoms with Crippen LogP contribution in [-0.2, 0) is 4.79 Å². The maximum absolute atomic E-state index is 12.4. The molecule has 0 radical (unpaired) electrons. The van der Waals surface area contributed by atoms with Gasteiger partial charge in [-0.1, -0.05) is 19.1 Å². The van der Waals surface area contributed by atoms with Gasteiger partial charge in [0.15, 0.2) is 17.6 Å². The molecule has 1 saturated heterocycles. The first kappa shape index (κ1) is 14.2. The van der Waals surface area contributed by atoms with E-state index in [1.165, 1.54) is 0 Å². The molecule has 1 fully saturated rings. The van der Waals surface area contributed by atoms with E-state index in [1.54, 1.807) is 0 Å². The van der Waals surface area contributed by atoms with Crippen LogP contribution >= 0.6 is 0 Å². The number of carbonyl (C=O) groups excluding carboxylic acids is 1. The summed E-state index contributed by atoms with van der Waals surface area (Å²) in [5.74, 6) is 1.92. The molecule has 1 atom stereocenters. The second-order valence-corrected chi connectivity index (χ2v) is 5.64. The van der Waals surface area contributed by atoms with Gasteiger partial charge in [-0.3, -0.25) is 4.79 Å². The van der Waals surface area contributed by atoms with Crippen molar-refractivity contribution in [2.45, 2.75) is 19.4 Å². The molecule has 0 spiro atoms. The first-order valence-corrected chi connectivity index (χ1v) is 7.66. The van der Waals surface area contributed by atoms with Crippen LogP contribution in [0.2, 0.25) is 0 Å². The Kier molecular flexibility index (Phi) is 4.29. The third kappa shape index (κ3) is 3.13. The lowest BCUT2D eigenvalue weighted by Crippen LogP contribution is -2.54. The number of benzene rings is 1. The Morgan fingerprint density at radius 3 is 2.76 bits per heavy atom. The lowest BCUT2D eigenvalue weighted by molar-refractivity contribution is -0.138. The number of amides is 1. The Hall–Kier alpha value is -1.75. The second kappa shape index (κ2) is 6.35. The van der Waals surface area contributed by atoms with Crippen LogP contribution in [0.4, 0.5) is 0 Å². The first-order chi connectivity index (χ1) is 10.3. The molecule has 21 heavy (non-hydrogen) atoms. The van der Waals surface area contributed by atoms with Crippen molar-refractivity contribution < 1.29 is 14.3 Å². The van der Waals surface area contributed by atoms with E-state index in [0.29, 0.717) is 13.2 Å². The maximum Gasteiger partial charge on any atom is 0.228 e. The lowest BCUT2D eigenvalue weighted by atomic mass is 10.0. The predicted molar refractivity (Wildman–Crippen MR) is 79.6 cm³/mol. The van der Waals surface area contributed by atoms with Gasteiger partial charge in [0.25, 0.3) is 0 Å². The van der Waals surface area contributed by atoms with Gasteiger partial charge in [0, 0.05) is 19.6 Å². The van der Waals surface area contributed by atoms with E-state index in [9.17, 15) is 4.79 Å². The quantitative estimate of drug-likeness (QED) is 0.887. The van der Waals surface area contributed by atoms with Gasteiger partial charge in [-0.25, -0.2) is 0 Å². The van der Waals surface area contributed by atoms with Crippen LogP contribution in [0.3, 0.4) is 0 Å². The molecule has 1 aromatic carbocycles. The Morgan fingerprint density at radius 1 is 1.33 bits per heavy atom. The van der Waals surface area contributed by atoms with Gasteiger partial charge < -0.3 is 19.7 Å². The van der Waals surface area contributed by atoms with Gasteiger partial charge >= 0.3 is 0 Å². The van der Waals surface area contributed by atoms with E-state index in [-0.39, 0.29) is 17.9 Å². The van der Waals surface area contributed by atoms with Crippen molar-refractivity contribution in [2.75, 3.05) is 32.8 Å². The van der Waals surface area contributed by atoms with E-state index in [0.717, 1.165) is 37.6 Å². The summed E-state index contributed by atoms with van der Waals surface area (Å²) in [4.78, 5) is 14.3. The summed E-state index contributed by atoms with van der Waals surface area (Å²) in [7, 11) is 0. The maximum atomic E-state index is 12.4. The molecule has 1 unspecified atom stereocenters. The van der Waals surface area contributed by atoms with E-state index in [2.05, 4.69) is 12.2 Å². The van der Waals surface area contributed by atoms with Crippen LogP contribution in [-0.4, -0.2) is 49.7 Å². The zero-order valence-electron chi connectivity index (χ0n) is 12.4. The molecule has 5 heteroatoms. The number of nitrogens with one attached hydrogen (secondary N) is 1. The molecule has 1 aromatic rings. The van der Waals surface area contributed by atoms with Crippen molar-refractivity contribution in [3.63, 3.8) is 0 Å². The summed E-state index contributed by atoms with van der Waals surface area (Å²) in [6.45, 7) is 5.54. The number of para-hydroxylation sites is 2. The number of ether oxygens (including phenoxy) is 2. The Morgan fingerprint density at radius 2 is 2.10 bits per heavy atom. The lowest BCUT2D eigenvalue weighted by Gasteiger charge is -2.35. The first-order valence-electron chi connectivity index (χ1n) is 7.66. The van der Waals surface area contributed by atoms with Crippen LogP contribution in [0.1, 0.15) is 13.3 Å². The van der Waals surface area contributed by atoms with E-state index in [1.807, 2.05) is 29.2 Å². The third-order valence-electron chi connectivity index (χ3n) is 3.93. The number of rotatable bonds is 5. The highest BCUT2D eigenvalue weighted by atomic mass is 16.6. The standard InChI is InChI=1S/C16H22N2O3/c1-2-7-18(16(19)12-8-17-9-12)10-13-11-20-14-5-3-4-6-15(14)21-13/h3-6,12-13,17H,2,7-11H2,1H3. The minimum Gasteiger partial charge on any atom is -0.486 e. The van der Waals surface area contributed by atoms with E-state index >= 15 is 0 Å². The summed E-state index contributed by atoms with van der Waals surface area (Å²) in [6.07, 6.45) is 0.860. The summed E-state index contributed by atoms with van der Waals surface area (Å²) >= 11 is 0. The van der Waals surface area contributed by atoms with Crippen LogP contribution in [0.15, 0.2) is 24.3 Å². The van der Waals surface area contributed by atoms with Crippen LogP contribution < -0.4 is 14.8 Å². The fourth-order valence-corrected chi connectivity index (χ4v) is 2.68. The number of nitrogens with zero attached hydrogens (tertiary/aromatic N) is 1. The molecule has 2 aliphatic heterocycles. The fraction of sp³-hybridized carbons (Fsp3) is 0.562. The normalized spacial score (nSPS) is 20.7. The molecular formula is C16H22N2O3. The number of hydrogen-bond donors (Lipinski definition) is 1. The Labute approximate surface area is 125 Å². The number of hydrogen-bond acceptors (Lipinski definition) is 4. The highest BCUT2D eigenvalue weighted by Gasteiger charge is 2.31. The van der Waals surface area contributed by atoms with Gasteiger partial charge in [-0.05, 0) is 18.6 Å². The smallest absolute Gasteiger partial charge is 0.228 e. The molecule has 1 N–H and O–H groups in total. The molecule has 1 amide bonds. The molecule has 0 aliphatic carbocycles. The summed E-state index contributed by atoms with van der Waals surface area (Å²) in [5.41, 5.74) is 0. The minimum atomic E-state index is -0.0940. The van der Waals surface area contributed by atoms with Gasteiger partial charge in [0.05, 0.1) is 12.5 Å². The highest BCUT2D eigenvalue weighted by Crippen LogP contribution is 2.31. The van der Waals surface area contributed by atoms with Crippen molar-refractivity contribution in [3.05, 3.63) is 24.3 Å². The zero-order valence-corrected chi connectivity index (χ0v) is 12.4. The van der Waals surface area contributed by atoms with Crippen LogP contribution in [0.25, 0.3) is 0 Å². The molecule has 3 rings (SSSR count). The number of fused-ring (bicyclic) bond motifs is 1. The molecule has 5 nitrogen and oxygen atoms in total. The zero-order chi connectivity index (χ0) is 14.7. The SMILES string of the molecule is CCCN(CC1COc2ccccc2O1)C(=O)C1CNC1. The molecule has 0 aromatic heterocycles. The molecule has 0 bridgehead atoms. The van der Waals surface area contributed by atoms with Gasteiger partial charge in [0.1, 0.15) is 6.61 Å². The highest BCUT2D eigenvalue weighted by molar-refractivity contribution is 5.80. The van der Waals surface area contributed by atoms with Gasteiger partial charge in [-0.2, -0.15) is 0 Å². The Bertz CT molecular complexity index is 502. The summed E-state index contributed by atoms with van der Waals surface area (Å²) in [6, 6.07) is 7.67. The average molecular weight is 290 g/mol. The number of carbonyl (C=O) groups is 1. The van der Waals surface area contributed by atoms with Crippen molar-refractivity contribution in [2.24, 2.45) is 5.92 Å². The molecule has 0 saturated carbocycles. The monoisotopic (exact) mass is 290 g/mol. The van der Waals surface area contributed by atoms with E-state index in [4.69, 9.17) is 9.47 Å². The van der Waals surface area contributed by atoms with Gasteiger partial charge in [-0.15, -0.1) is 0 Å². The van der Waals surface area contributed by atoms with Crippen molar-refractivity contribution in [1.82, 2.24) is 10.2 Å². The summed E-state index contributed by atoms with van der Waals surface area (Å²) in [5, 5.41) is 3.15. The molecule has 2 heterocycles. The van der Waals surface area contributed by atoms with E-state index < -0.39 is 0 Å². The largest absolute Gasteiger partial charge is 0.486 e. The van der Waals surface area contributed by atoms with Crippen molar-refractivity contribution in [3.8, 4) is 11.5 Å². The summed E-state index contributed by atoms with van der Waals surface area (Å²) < 4.78 is 11.7. The van der Waals surface area contributed by atoms with Gasteiger partial charge in [0.2, 0.25) is 5.91 Å². The van der Waals surface area contributed by atoms with Crippen molar-refractivity contribution in [1.29, 1.82) is 0 Å². The third-order valence-corrected chi connectivity index (χ3v) is 3.93. The average Bonchev–Trinajstić information content (AvgIpc) is 2.45. The van der Waals surface area contributed by atoms with Crippen molar-refractivity contribution >= 4 is 5.91 Å². The minimum absolute atomic E-state index is 0.0940. The van der Waals surface area contributed by atoms with Crippen LogP contribution in [0.5, 0.6) is 11.5 Å². The topological polar surface area (TPSA) is 50.8 Å². The fourth-order valence-electron chi connectivity index (χ4n) is 2.68.